The number of hydrogen-bond acceptors (Lipinski definition) is 4. The molecular formula is C18H19N5O. The molecule has 0 aliphatic carbocycles. The number of hydrogen-bond donors (Lipinski definition) is 0. The van der Waals surface area contributed by atoms with E-state index in [4.69, 9.17) is 0 Å². The molecule has 6 heteroatoms. The van der Waals surface area contributed by atoms with Gasteiger partial charge in [-0.05, 0) is 44.4 Å². The Morgan fingerprint density at radius 3 is 2.96 bits per heavy atom. The van der Waals surface area contributed by atoms with Gasteiger partial charge in [0.15, 0.2) is 0 Å². The second kappa shape index (κ2) is 6.03. The maximum absolute atomic E-state index is 13.1. The highest BCUT2D eigenvalue weighted by Gasteiger charge is 2.30. The Kier molecular flexibility index (Phi) is 3.72. The fraction of sp³-hybridized carbons (Fsp3) is 0.333. The second-order valence-corrected chi connectivity index (χ2v) is 6.13. The number of nitrogens with zero attached hydrogens (tertiary/aromatic N) is 5. The van der Waals surface area contributed by atoms with E-state index < -0.39 is 0 Å². The minimum Gasteiger partial charge on any atom is -0.330 e. The standard InChI is InChI=1S/C18H19N5O/c1-13-14(5-4-8-19-13)17(24)23-10-3-2-6-16(23)15-7-11-22-12-9-20-18(22)21-15/h4-5,7-9,11-12,16H,2-3,6,10H2,1H3/t16-/m0/s1. The van der Waals surface area contributed by atoms with Crippen LogP contribution in [0.1, 0.15) is 47.1 Å². The Hall–Kier alpha value is -2.76. The SMILES string of the molecule is Cc1ncccc1C(=O)N1CCCC[C@H]1c1ccn2ccnc2n1. The fourth-order valence-corrected chi connectivity index (χ4v) is 3.35. The van der Waals surface area contributed by atoms with Crippen molar-refractivity contribution in [2.45, 2.75) is 32.2 Å². The molecule has 3 aromatic heterocycles. The minimum absolute atomic E-state index is 0.00689. The molecule has 0 saturated carbocycles. The molecule has 0 N–H and O–H groups in total. The van der Waals surface area contributed by atoms with Crippen molar-refractivity contribution in [3.8, 4) is 0 Å². The average molecular weight is 321 g/mol. The van der Waals surface area contributed by atoms with Gasteiger partial charge in [0.1, 0.15) is 0 Å². The van der Waals surface area contributed by atoms with Crippen molar-refractivity contribution in [1.82, 2.24) is 24.3 Å². The molecule has 4 rings (SSSR count). The van der Waals surface area contributed by atoms with Crippen LogP contribution in [0.4, 0.5) is 0 Å². The molecule has 1 fully saturated rings. The van der Waals surface area contributed by atoms with Gasteiger partial charge >= 0.3 is 0 Å². The van der Waals surface area contributed by atoms with Crippen LogP contribution in [0.25, 0.3) is 5.78 Å². The van der Waals surface area contributed by atoms with Gasteiger partial charge in [-0.1, -0.05) is 0 Å². The summed E-state index contributed by atoms with van der Waals surface area (Å²) in [5, 5.41) is 0. The molecule has 0 aromatic carbocycles. The van der Waals surface area contributed by atoms with E-state index in [0.717, 1.165) is 37.2 Å². The number of pyridine rings is 1. The number of imidazole rings is 1. The monoisotopic (exact) mass is 321 g/mol. The van der Waals surface area contributed by atoms with Crippen LogP contribution in [-0.4, -0.2) is 36.7 Å². The minimum atomic E-state index is -0.00689. The quantitative estimate of drug-likeness (QED) is 0.728. The van der Waals surface area contributed by atoms with Crippen LogP contribution in [-0.2, 0) is 0 Å². The van der Waals surface area contributed by atoms with Crippen LogP contribution >= 0.6 is 0 Å². The van der Waals surface area contributed by atoms with Crippen molar-refractivity contribution in [2.75, 3.05) is 6.54 Å². The Bertz CT molecular complexity index is 888. The third-order valence-corrected chi connectivity index (χ3v) is 4.63. The summed E-state index contributed by atoms with van der Waals surface area (Å²) >= 11 is 0. The molecule has 24 heavy (non-hydrogen) atoms. The second-order valence-electron chi connectivity index (χ2n) is 6.13. The number of amides is 1. The largest absolute Gasteiger partial charge is 0.330 e. The van der Waals surface area contributed by atoms with Crippen molar-refractivity contribution >= 4 is 11.7 Å². The number of carbonyl (C=O) groups is 1. The smallest absolute Gasteiger partial charge is 0.256 e. The van der Waals surface area contributed by atoms with Gasteiger partial charge in [-0.15, -0.1) is 0 Å². The summed E-state index contributed by atoms with van der Waals surface area (Å²) < 4.78 is 1.88. The van der Waals surface area contributed by atoms with Crippen LogP contribution in [0.2, 0.25) is 0 Å². The zero-order valence-electron chi connectivity index (χ0n) is 13.6. The zero-order chi connectivity index (χ0) is 16.5. The highest BCUT2D eigenvalue weighted by molar-refractivity contribution is 5.95. The first-order valence-electron chi connectivity index (χ1n) is 8.26. The van der Waals surface area contributed by atoms with E-state index in [-0.39, 0.29) is 11.9 Å². The van der Waals surface area contributed by atoms with Gasteiger partial charge in [0.2, 0.25) is 5.78 Å². The van der Waals surface area contributed by atoms with Crippen LogP contribution in [0, 0.1) is 6.92 Å². The summed E-state index contributed by atoms with van der Waals surface area (Å²) in [4.78, 5) is 28.2. The molecule has 6 nitrogen and oxygen atoms in total. The van der Waals surface area contributed by atoms with E-state index in [1.54, 1.807) is 12.4 Å². The highest BCUT2D eigenvalue weighted by Crippen LogP contribution is 2.31. The summed E-state index contributed by atoms with van der Waals surface area (Å²) in [5.74, 6) is 0.707. The lowest BCUT2D eigenvalue weighted by Gasteiger charge is -2.35. The Balaban J connectivity index is 1.70. The fourth-order valence-electron chi connectivity index (χ4n) is 3.35. The predicted octanol–water partition coefficient (Wildman–Crippen LogP) is 2.80. The molecule has 1 saturated heterocycles. The van der Waals surface area contributed by atoms with Gasteiger partial charge < -0.3 is 4.90 Å². The Morgan fingerprint density at radius 1 is 1.17 bits per heavy atom. The number of fused-ring (bicyclic) bond motifs is 1. The lowest BCUT2D eigenvalue weighted by molar-refractivity contribution is 0.0605. The molecule has 1 atom stereocenters. The van der Waals surface area contributed by atoms with E-state index in [2.05, 4.69) is 15.0 Å². The zero-order valence-corrected chi connectivity index (χ0v) is 13.6. The van der Waals surface area contributed by atoms with Crippen molar-refractivity contribution in [1.29, 1.82) is 0 Å². The Labute approximate surface area is 140 Å². The normalized spacial score (nSPS) is 18.0. The molecule has 122 valence electrons. The van der Waals surface area contributed by atoms with Crippen LogP contribution in [0.5, 0.6) is 0 Å². The summed E-state index contributed by atoms with van der Waals surface area (Å²) in [6.07, 6.45) is 10.3. The number of carbonyl (C=O) groups excluding carboxylic acids is 1. The third-order valence-electron chi connectivity index (χ3n) is 4.63. The van der Waals surface area contributed by atoms with Crippen molar-refractivity contribution in [3.63, 3.8) is 0 Å². The molecule has 0 bridgehead atoms. The summed E-state index contributed by atoms with van der Waals surface area (Å²) in [6.45, 7) is 2.63. The number of rotatable bonds is 2. The average Bonchev–Trinajstić information content (AvgIpc) is 3.09. The predicted molar refractivity (Wildman–Crippen MR) is 89.6 cm³/mol. The molecular weight excluding hydrogens is 302 g/mol. The number of aromatic nitrogens is 4. The number of likely N-dealkylation sites (tertiary alicyclic amines) is 1. The van der Waals surface area contributed by atoms with Gasteiger partial charge in [0.05, 0.1) is 17.3 Å². The van der Waals surface area contributed by atoms with Crippen LogP contribution in [0.15, 0.2) is 43.0 Å². The first-order chi connectivity index (χ1) is 11.7. The van der Waals surface area contributed by atoms with E-state index in [1.165, 1.54) is 0 Å². The molecule has 1 aliphatic heterocycles. The van der Waals surface area contributed by atoms with Crippen molar-refractivity contribution in [2.24, 2.45) is 0 Å². The lowest BCUT2D eigenvalue weighted by Crippen LogP contribution is -2.39. The topological polar surface area (TPSA) is 63.4 Å². The third kappa shape index (κ3) is 2.54. The van der Waals surface area contributed by atoms with Gasteiger partial charge in [0.25, 0.3) is 5.91 Å². The maximum atomic E-state index is 13.1. The summed E-state index contributed by atoms with van der Waals surface area (Å²) in [5.41, 5.74) is 2.35. The number of aryl methyl sites for hydroxylation is 1. The van der Waals surface area contributed by atoms with Crippen LogP contribution < -0.4 is 0 Å². The maximum Gasteiger partial charge on any atom is 0.256 e. The Morgan fingerprint density at radius 2 is 2.08 bits per heavy atom. The van der Waals surface area contributed by atoms with Gasteiger partial charge in [-0.3, -0.25) is 14.2 Å². The van der Waals surface area contributed by atoms with E-state index in [0.29, 0.717) is 11.3 Å². The molecule has 1 amide bonds. The van der Waals surface area contributed by atoms with Gasteiger partial charge in [0, 0.05) is 37.0 Å². The van der Waals surface area contributed by atoms with Crippen LogP contribution in [0.3, 0.4) is 0 Å². The molecule has 0 spiro atoms. The van der Waals surface area contributed by atoms with Crippen molar-refractivity contribution < 1.29 is 4.79 Å². The first kappa shape index (κ1) is 14.8. The summed E-state index contributed by atoms with van der Waals surface area (Å²) in [7, 11) is 0. The highest BCUT2D eigenvalue weighted by atomic mass is 16.2. The van der Waals surface area contributed by atoms with E-state index in [9.17, 15) is 4.79 Å². The number of piperidine rings is 1. The molecule has 1 aliphatic rings. The van der Waals surface area contributed by atoms with Gasteiger partial charge in [-0.25, -0.2) is 9.97 Å². The molecule has 4 heterocycles. The van der Waals surface area contributed by atoms with E-state index in [1.807, 2.05) is 46.8 Å². The first-order valence-corrected chi connectivity index (χ1v) is 8.26. The molecule has 0 radical (unpaired) electrons. The van der Waals surface area contributed by atoms with Crippen molar-refractivity contribution in [3.05, 3.63) is 59.9 Å². The molecule has 3 aromatic rings. The van der Waals surface area contributed by atoms with E-state index >= 15 is 0 Å². The summed E-state index contributed by atoms with van der Waals surface area (Å²) in [6, 6.07) is 5.64. The van der Waals surface area contributed by atoms with Gasteiger partial charge in [-0.2, -0.15) is 0 Å². The lowest BCUT2D eigenvalue weighted by atomic mass is 9.97. The molecule has 0 unspecified atom stereocenters.